The van der Waals surface area contributed by atoms with Crippen molar-refractivity contribution in [3.05, 3.63) is 168 Å². The lowest BCUT2D eigenvalue weighted by Crippen LogP contribution is -2.32. The van der Waals surface area contributed by atoms with Crippen molar-refractivity contribution in [1.29, 1.82) is 0 Å². The third-order valence-electron chi connectivity index (χ3n) is 8.68. The SMILES string of the molecule is c1ccc(-c2nc(-c3ccccn3)nc(-c3cccc4c3Sc3ccccc3C43c4ccccc4-c4ccccc43)n2)cc1. The van der Waals surface area contributed by atoms with Gasteiger partial charge in [-0.15, -0.1) is 0 Å². The van der Waals surface area contributed by atoms with Crippen LogP contribution in [0.2, 0.25) is 0 Å². The van der Waals surface area contributed by atoms with Crippen LogP contribution in [-0.2, 0) is 5.41 Å². The first kappa shape index (κ1) is 25.1. The molecule has 0 radical (unpaired) electrons. The minimum atomic E-state index is -0.459. The number of pyridine rings is 1. The lowest BCUT2D eigenvalue weighted by atomic mass is 9.67. The van der Waals surface area contributed by atoms with E-state index in [4.69, 9.17) is 15.0 Å². The summed E-state index contributed by atoms with van der Waals surface area (Å²) in [6, 6.07) is 49.1. The molecule has 5 heteroatoms. The van der Waals surface area contributed by atoms with E-state index in [9.17, 15) is 0 Å². The zero-order valence-corrected chi connectivity index (χ0v) is 24.4. The van der Waals surface area contributed by atoms with E-state index in [1.54, 1.807) is 18.0 Å². The standard InChI is InChI=1S/C39H24N4S/c1-2-13-25(14-3-1)36-41-37(43-38(42-36)33-22-10-11-24-40-33)28-17-12-21-32-35(28)44-34-23-9-8-20-31(34)39(32)29-18-6-4-15-26(29)27-16-5-7-19-30(27)39/h1-24H. The highest BCUT2D eigenvalue weighted by Crippen LogP contribution is 2.63. The fraction of sp³-hybridized carbons (Fsp3) is 0.0256. The monoisotopic (exact) mass is 580 g/mol. The molecule has 1 aliphatic heterocycles. The molecule has 0 amide bonds. The fourth-order valence-electron chi connectivity index (χ4n) is 6.88. The fourth-order valence-corrected chi connectivity index (χ4v) is 8.17. The van der Waals surface area contributed by atoms with E-state index in [1.807, 2.05) is 48.5 Å². The molecule has 0 bridgehead atoms. The van der Waals surface area contributed by atoms with Crippen LogP contribution in [-0.4, -0.2) is 19.9 Å². The van der Waals surface area contributed by atoms with E-state index in [-0.39, 0.29) is 0 Å². The molecule has 44 heavy (non-hydrogen) atoms. The summed E-state index contributed by atoms with van der Waals surface area (Å²) in [7, 11) is 0. The molecule has 3 heterocycles. The summed E-state index contributed by atoms with van der Waals surface area (Å²) in [6.45, 7) is 0. The lowest BCUT2D eigenvalue weighted by molar-refractivity contribution is 0.722. The normalized spacial score (nSPS) is 13.5. The summed E-state index contributed by atoms with van der Waals surface area (Å²) in [5.41, 5.74) is 9.91. The van der Waals surface area contributed by atoms with Gasteiger partial charge in [0.2, 0.25) is 0 Å². The molecule has 2 aromatic heterocycles. The molecular weight excluding hydrogens is 557 g/mol. The summed E-state index contributed by atoms with van der Waals surface area (Å²) in [4.78, 5) is 22.0. The second-order valence-corrected chi connectivity index (χ2v) is 12.1. The third-order valence-corrected chi connectivity index (χ3v) is 9.90. The van der Waals surface area contributed by atoms with Gasteiger partial charge in [-0.2, -0.15) is 0 Å². The van der Waals surface area contributed by atoms with Crippen LogP contribution in [0.4, 0.5) is 0 Å². The first-order chi connectivity index (χ1) is 21.8. The molecule has 9 rings (SSSR count). The predicted octanol–water partition coefficient (Wildman–Crippen LogP) is 9.10. The van der Waals surface area contributed by atoms with Gasteiger partial charge in [0.1, 0.15) is 5.69 Å². The van der Waals surface area contributed by atoms with E-state index >= 15 is 0 Å². The van der Waals surface area contributed by atoms with Gasteiger partial charge in [0.15, 0.2) is 17.5 Å². The Hall–Kier alpha value is -5.39. The van der Waals surface area contributed by atoms with Crippen molar-refractivity contribution >= 4 is 11.8 Å². The molecular formula is C39H24N4S. The van der Waals surface area contributed by atoms with Gasteiger partial charge < -0.3 is 0 Å². The highest BCUT2D eigenvalue weighted by molar-refractivity contribution is 7.99. The number of aromatic nitrogens is 4. The average molecular weight is 581 g/mol. The van der Waals surface area contributed by atoms with Crippen LogP contribution >= 0.6 is 11.8 Å². The second kappa shape index (κ2) is 9.83. The van der Waals surface area contributed by atoms with Gasteiger partial charge in [-0.25, -0.2) is 15.0 Å². The maximum atomic E-state index is 5.10. The molecule has 0 saturated carbocycles. The molecule has 7 aromatic rings. The maximum absolute atomic E-state index is 5.10. The molecule has 2 aliphatic rings. The van der Waals surface area contributed by atoms with Gasteiger partial charge in [0, 0.05) is 27.1 Å². The zero-order valence-electron chi connectivity index (χ0n) is 23.6. The molecule has 0 atom stereocenters. The lowest BCUT2D eigenvalue weighted by Gasteiger charge is -2.40. The average Bonchev–Trinajstić information content (AvgIpc) is 3.40. The number of nitrogens with zero attached hydrogens (tertiary/aromatic N) is 4. The van der Waals surface area contributed by atoms with Gasteiger partial charge >= 0.3 is 0 Å². The number of rotatable bonds is 3. The predicted molar refractivity (Wildman–Crippen MR) is 175 cm³/mol. The van der Waals surface area contributed by atoms with Gasteiger partial charge in [-0.05, 0) is 51.6 Å². The maximum Gasteiger partial charge on any atom is 0.182 e. The van der Waals surface area contributed by atoms with Crippen molar-refractivity contribution in [3.63, 3.8) is 0 Å². The van der Waals surface area contributed by atoms with Crippen molar-refractivity contribution in [3.8, 4) is 45.4 Å². The summed E-state index contributed by atoms with van der Waals surface area (Å²) in [5, 5.41) is 0. The molecule has 0 fully saturated rings. The first-order valence-electron chi connectivity index (χ1n) is 14.7. The quantitative estimate of drug-likeness (QED) is 0.209. The van der Waals surface area contributed by atoms with Gasteiger partial charge in [-0.1, -0.05) is 133 Å². The van der Waals surface area contributed by atoms with Crippen molar-refractivity contribution in [2.24, 2.45) is 0 Å². The summed E-state index contributed by atoms with van der Waals surface area (Å²) < 4.78 is 0. The van der Waals surface area contributed by atoms with E-state index < -0.39 is 5.41 Å². The topological polar surface area (TPSA) is 51.6 Å². The number of hydrogen-bond acceptors (Lipinski definition) is 5. The zero-order chi connectivity index (χ0) is 29.1. The minimum absolute atomic E-state index is 0.459. The Balaban J connectivity index is 1.35. The summed E-state index contributed by atoms with van der Waals surface area (Å²) in [5.74, 6) is 1.82. The van der Waals surface area contributed by atoms with Crippen LogP contribution < -0.4 is 0 Å². The van der Waals surface area contributed by atoms with Crippen LogP contribution in [0.3, 0.4) is 0 Å². The van der Waals surface area contributed by atoms with E-state index in [0.717, 1.165) is 16.0 Å². The Morgan fingerprint density at radius 2 is 1.02 bits per heavy atom. The molecule has 206 valence electrons. The summed E-state index contributed by atoms with van der Waals surface area (Å²) in [6.07, 6.45) is 1.77. The van der Waals surface area contributed by atoms with Crippen LogP contribution in [0, 0.1) is 0 Å². The van der Waals surface area contributed by atoms with Crippen LogP contribution in [0.25, 0.3) is 45.4 Å². The minimum Gasteiger partial charge on any atom is -0.253 e. The van der Waals surface area contributed by atoms with Crippen molar-refractivity contribution in [2.45, 2.75) is 15.2 Å². The van der Waals surface area contributed by atoms with Gasteiger partial charge in [0.25, 0.3) is 0 Å². The second-order valence-electron chi connectivity index (χ2n) is 11.0. The third kappa shape index (κ3) is 3.60. The molecule has 4 nitrogen and oxygen atoms in total. The number of benzene rings is 5. The molecule has 1 spiro atoms. The molecule has 1 aliphatic carbocycles. The Bertz CT molecular complexity index is 2110. The van der Waals surface area contributed by atoms with Gasteiger partial charge in [0.05, 0.1) is 5.41 Å². The van der Waals surface area contributed by atoms with Crippen LogP contribution in [0.15, 0.2) is 156 Å². The van der Waals surface area contributed by atoms with E-state index in [0.29, 0.717) is 23.2 Å². The number of hydrogen-bond donors (Lipinski definition) is 0. The Labute approximate surface area is 259 Å². The van der Waals surface area contributed by atoms with Crippen molar-refractivity contribution in [1.82, 2.24) is 19.9 Å². The van der Waals surface area contributed by atoms with Crippen molar-refractivity contribution < 1.29 is 0 Å². The summed E-state index contributed by atoms with van der Waals surface area (Å²) >= 11 is 1.80. The Kier molecular flexibility index (Phi) is 5.62. The smallest absolute Gasteiger partial charge is 0.182 e. The van der Waals surface area contributed by atoms with E-state index in [2.05, 4.69) is 96.0 Å². The molecule has 0 saturated heterocycles. The Morgan fingerprint density at radius 3 is 1.77 bits per heavy atom. The molecule has 5 aromatic carbocycles. The Morgan fingerprint density at radius 1 is 0.432 bits per heavy atom. The van der Waals surface area contributed by atoms with E-state index in [1.165, 1.54) is 38.3 Å². The van der Waals surface area contributed by atoms with Crippen molar-refractivity contribution in [2.75, 3.05) is 0 Å². The highest BCUT2D eigenvalue weighted by atomic mass is 32.2. The largest absolute Gasteiger partial charge is 0.253 e. The van der Waals surface area contributed by atoms with Gasteiger partial charge in [-0.3, -0.25) is 4.98 Å². The first-order valence-corrected chi connectivity index (χ1v) is 15.5. The highest BCUT2D eigenvalue weighted by Gasteiger charge is 2.50. The number of fused-ring (bicyclic) bond motifs is 9. The molecule has 0 N–H and O–H groups in total. The molecule has 0 unspecified atom stereocenters. The van der Waals surface area contributed by atoms with Crippen LogP contribution in [0.1, 0.15) is 22.3 Å². The van der Waals surface area contributed by atoms with Crippen LogP contribution in [0.5, 0.6) is 0 Å².